The Bertz CT molecular complexity index is 3220. The summed E-state index contributed by atoms with van der Waals surface area (Å²) >= 11 is 0. The van der Waals surface area contributed by atoms with Crippen molar-refractivity contribution in [3.05, 3.63) is 95.1 Å². The first-order valence-corrected chi connectivity index (χ1v) is 27.3. The van der Waals surface area contributed by atoms with Gasteiger partial charge in [-0.15, -0.1) is 0 Å². The topological polar surface area (TPSA) is 533 Å². The highest BCUT2D eigenvalue weighted by Crippen LogP contribution is 2.28. The Morgan fingerprint density at radius 1 is 0.432 bits per heavy atom. The molecule has 0 fully saturated rings. The summed E-state index contributed by atoms with van der Waals surface area (Å²) in [5.74, 6) is -8.30. The van der Waals surface area contributed by atoms with Crippen LogP contribution < -0.4 is 101 Å². The lowest BCUT2D eigenvalue weighted by Crippen LogP contribution is -2.45. The van der Waals surface area contributed by atoms with E-state index in [0.717, 1.165) is 0 Å². The number of hydrogen-bond acceptors (Lipinski definition) is 17. The van der Waals surface area contributed by atoms with Gasteiger partial charge >= 0.3 is 5.97 Å². The van der Waals surface area contributed by atoms with Crippen molar-refractivity contribution in [2.24, 2.45) is 28.7 Å². The summed E-state index contributed by atoms with van der Waals surface area (Å²) < 4.78 is 21.5. The molecule has 474 valence electrons. The Labute approximate surface area is 505 Å². The summed E-state index contributed by atoms with van der Waals surface area (Å²) in [7, 11) is 5.18. The quantitative estimate of drug-likeness (QED) is 0.0168. The van der Waals surface area contributed by atoms with Crippen LogP contribution in [0.4, 0.5) is 22.7 Å². The summed E-state index contributed by atoms with van der Waals surface area (Å²) in [5.41, 5.74) is 27.6. The summed E-state index contributed by atoms with van der Waals surface area (Å²) in [4.78, 5) is 121. The SMILES string of the molecule is COc1ccc(NC(=O)[C@H](CCCCNC(=N)N)NC(=O)c2cc(NC(=O)[C@H](CCC(=O)O)NC(=O)c3cc(NC(=O)[C@H](CCCNC(=N)N)NC(=O)c4cc(NC(=O)[C@@H](N)CCCNC(=N)N)ccc4OC)ccc3OC)ccc2OC)cc1C(N)=O. The highest BCUT2D eigenvalue weighted by Gasteiger charge is 2.29. The number of hydrogen-bond donors (Lipinski definition) is 19. The van der Waals surface area contributed by atoms with Gasteiger partial charge in [0.15, 0.2) is 17.9 Å². The molecular formula is C56H76N18O14. The molecule has 0 radical (unpaired) electrons. The molecule has 32 nitrogen and oxygen atoms in total. The lowest BCUT2D eigenvalue weighted by atomic mass is 10.1. The first kappa shape index (κ1) is 69.6. The molecule has 4 rings (SSSR count). The van der Waals surface area contributed by atoms with E-state index in [4.69, 9.17) is 63.8 Å². The Hall–Kier alpha value is -10.9. The van der Waals surface area contributed by atoms with E-state index in [-0.39, 0.29) is 125 Å². The third-order valence-corrected chi connectivity index (χ3v) is 12.9. The number of ether oxygens (including phenoxy) is 4. The van der Waals surface area contributed by atoms with E-state index >= 15 is 0 Å². The molecule has 0 unspecified atom stereocenters. The number of benzene rings is 4. The van der Waals surface area contributed by atoms with Gasteiger partial charge in [-0.2, -0.15) is 0 Å². The number of unbranched alkanes of at least 4 members (excludes halogenated alkanes) is 1. The van der Waals surface area contributed by atoms with Crippen LogP contribution in [0.5, 0.6) is 23.0 Å². The molecule has 0 aromatic heterocycles. The number of nitrogens with two attached hydrogens (primary N) is 5. The molecule has 0 heterocycles. The fourth-order valence-corrected chi connectivity index (χ4v) is 8.48. The van der Waals surface area contributed by atoms with Crippen LogP contribution in [-0.4, -0.2) is 148 Å². The van der Waals surface area contributed by atoms with Crippen molar-refractivity contribution >= 4 is 93.9 Å². The number of methoxy groups -OCH3 is 4. The predicted molar refractivity (Wildman–Crippen MR) is 326 cm³/mol. The van der Waals surface area contributed by atoms with Crippen LogP contribution in [0.25, 0.3) is 0 Å². The average molecular weight is 1230 g/mol. The van der Waals surface area contributed by atoms with Gasteiger partial charge in [0.1, 0.15) is 41.1 Å². The van der Waals surface area contributed by atoms with Crippen molar-refractivity contribution in [2.45, 2.75) is 82.0 Å². The Kier molecular flexibility index (Phi) is 27.5. The minimum absolute atomic E-state index is 0.00556. The maximum atomic E-state index is 14.2. The largest absolute Gasteiger partial charge is 0.496 e. The fourth-order valence-electron chi connectivity index (χ4n) is 8.48. The molecular weight excluding hydrogens is 1150 g/mol. The molecule has 0 aliphatic heterocycles. The zero-order chi connectivity index (χ0) is 65.0. The van der Waals surface area contributed by atoms with Gasteiger partial charge in [0.25, 0.3) is 23.6 Å². The molecule has 4 aromatic carbocycles. The number of primary amides is 1. The highest BCUT2D eigenvalue weighted by atomic mass is 16.5. The van der Waals surface area contributed by atoms with Gasteiger partial charge in [-0.05, 0) is 124 Å². The van der Waals surface area contributed by atoms with Crippen molar-refractivity contribution in [1.29, 1.82) is 16.2 Å². The smallest absolute Gasteiger partial charge is 0.303 e. The highest BCUT2D eigenvalue weighted by molar-refractivity contribution is 6.08. The minimum Gasteiger partial charge on any atom is -0.496 e. The van der Waals surface area contributed by atoms with Gasteiger partial charge in [-0.25, -0.2) is 0 Å². The van der Waals surface area contributed by atoms with E-state index < -0.39 is 90.2 Å². The van der Waals surface area contributed by atoms with E-state index in [1.165, 1.54) is 101 Å². The molecule has 8 amide bonds. The number of carbonyl (C=O) groups excluding carboxylic acids is 8. The molecule has 0 bridgehead atoms. The van der Waals surface area contributed by atoms with E-state index in [1.807, 2.05) is 0 Å². The molecule has 4 aromatic rings. The van der Waals surface area contributed by atoms with Crippen molar-refractivity contribution in [3.8, 4) is 23.0 Å². The maximum Gasteiger partial charge on any atom is 0.303 e. The number of carbonyl (C=O) groups is 9. The minimum atomic E-state index is -1.56. The summed E-state index contributed by atoms with van der Waals surface area (Å²) in [5, 5.41) is 58.3. The maximum absolute atomic E-state index is 14.2. The van der Waals surface area contributed by atoms with Crippen LogP contribution >= 0.6 is 0 Å². The number of anilines is 4. The van der Waals surface area contributed by atoms with Crippen LogP contribution in [0.3, 0.4) is 0 Å². The molecule has 0 aliphatic rings. The third kappa shape index (κ3) is 22.3. The molecule has 88 heavy (non-hydrogen) atoms. The normalized spacial score (nSPS) is 11.9. The van der Waals surface area contributed by atoms with Crippen molar-refractivity contribution in [1.82, 2.24) is 31.9 Å². The van der Waals surface area contributed by atoms with Gasteiger partial charge in [0.2, 0.25) is 23.6 Å². The number of rotatable bonds is 35. The molecule has 24 N–H and O–H groups in total. The first-order chi connectivity index (χ1) is 41.9. The van der Waals surface area contributed by atoms with E-state index in [1.54, 1.807) is 0 Å². The van der Waals surface area contributed by atoms with Crippen molar-refractivity contribution in [3.63, 3.8) is 0 Å². The Morgan fingerprint density at radius 2 is 0.739 bits per heavy atom. The van der Waals surface area contributed by atoms with Gasteiger partial charge in [0, 0.05) is 48.8 Å². The van der Waals surface area contributed by atoms with E-state index in [2.05, 4.69) is 53.2 Å². The number of aliphatic carboxylic acids is 1. The standard InChI is InChI=1S/C56H76N18O14/c1-85-41-17-12-29(25-33(41)46(58)77)69-51(82)38(10-5-6-22-65-54(59)60)72-47(78)35-28-32(15-20-43(35)87-3)71-53(84)40(16-21-45(75)76)74-49(80)36-27-31(14-19-44(36)88-4)70-52(83)39(11-8-24-67-56(63)64)73-48(79)34-26-30(13-18-42(34)86-2)68-50(81)37(57)9-7-23-66-55(61)62/h12-15,17-20,25-28,37-40H,5-11,16,21-24,57H2,1-4H3,(H2,58,77)(H,68,81)(H,69,82)(H,70,83)(H,71,84)(H,72,78)(H,73,79)(H,74,80)(H,75,76)(H4,59,60,65)(H4,61,62,66)(H4,63,64,67)/t37-,38-,39-,40-/m0/s1. The van der Waals surface area contributed by atoms with E-state index in [0.29, 0.717) is 25.8 Å². The number of amides is 8. The van der Waals surface area contributed by atoms with Crippen LogP contribution in [0.2, 0.25) is 0 Å². The number of carboxylic acids is 1. The predicted octanol–water partition coefficient (Wildman–Crippen LogP) is 0.342. The molecule has 0 spiro atoms. The number of carboxylic acid groups (broad SMARTS) is 1. The third-order valence-electron chi connectivity index (χ3n) is 12.9. The molecule has 32 heteroatoms. The summed E-state index contributed by atoms with van der Waals surface area (Å²) in [6.45, 7) is 0.732. The number of guanidine groups is 3. The molecule has 0 saturated heterocycles. The Balaban J connectivity index is 1.57. The second-order valence-corrected chi connectivity index (χ2v) is 19.4. The molecule has 0 saturated carbocycles. The van der Waals surface area contributed by atoms with Gasteiger partial charge in [-0.1, -0.05) is 0 Å². The van der Waals surface area contributed by atoms with Crippen LogP contribution in [0.15, 0.2) is 72.8 Å². The molecule has 4 atom stereocenters. The monoisotopic (exact) mass is 1220 g/mol. The first-order valence-electron chi connectivity index (χ1n) is 27.3. The average Bonchev–Trinajstić information content (AvgIpc) is 3.70. The zero-order valence-electron chi connectivity index (χ0n) is 48.9. The zero-order valence-corrected chi connectivity index (χ0v) is 48.9. The summed E-state index contributed by atoms with van der Waals surface area (Å²) in [6.07, 6.45) is 0.629. The second-order valence-electron chi connectivity index (χ2n) is 19.4. The second kappa shape index (κ2) is 34.8. The van der Waals surface area contributed by atoms with Crippen LogP contribution in [0, 0.1) is 16.2 Å². The van der Waals surface area contributed by atoms with Gasteiger partial charge in [0.05, 0.1) is 56.7 Å². The molecule has 0 aliphatic carbocycles. The van der Waals surface area contributed by atoms with Crippen molar-refractivity contribution < 1.29 is 67.2 Å². The number of nitrogens with one attached hydrogen (secondary N) is 13. The van der Waals surface area contributed by atoms with Crippen LogP contribution in [0.1, 0.15) is 99.2 Å². The lowest BCUT2D eigenvalue weighted by molar-refractivity contribution is -0.137. The van der Waals surface area contributed by atoms with E-state index in [9.17, 15) is 48.3 Å². The van der Waals surface area contributed by atoms with Crippen molar-refractivity contribution in [2.75, 3.05) is 69.3 Å². The fraction of sp³-hybridized carbons (Fsp3) is 0.357. The lowest BCUT2D eigenvalue weighted by Gasteiger charge is -2.21. The summed E-state index contributed by atoms with van der Waals surface area (Å²) in [6, 6.07) is 11.3. The van der Waals surface area contributed by atoms with Gasteiger partial charge < -0.3 is 106 Å². The van der Waals surface area contributed by atoms with Crippen LogP contribution in [-0.2, 0) is 24.0 Å². The Morgan fingerprint density at radius 3 is 1.08 bits per heavy atom. The van der Waals surface area contributed by atoms with Gasteiger partial charge in [-0.3, -0.25) is 59.4 Å².